The van der Waals surface area contributed by atoms with Crippen molar-refractivity contribution in [3.05, 3.63) is 54.7 Å². The topological polar surface area (TPSA) is 20.2 Å². The van der Waals surface area contributed by atoms with Crippen LogP contribution in [0.3, 0.4) is 0 Å². The van der Waals surface area contributed by atoms with Crippen LogP contribution in [-0.4, -0.2) is 35.1 Å². The van der Waals surface area contributed by atoms with Crippen LogP contribution in [0.1, 0.15) is 25.7 Å². The molecule has 1 aliphatic heterocycles. The average Bonchev–Trinajstić information content (AvgIpc) is 3.06. The summed E-state index contributed by atoms with van der Waals surface area (Å²) < 4.78 is 2.17. The molecular formula is C24H29N3. The van der Waals surface area contributed by atoms with Gasteiger partial charge in [-0.1, -0.05) is 18.2 Å². The molecule has 3 aromatic rings. The van der Waals surface area contributed by atoms with Crippen molar-refractivity contribution in [1.82, 2.24) is 9.47 Å². The lowest BCUT2D eigenvalue weighted by Crippen LogP contribution is -2.47. The van der Waals surface area contributed by atoms with E-state index in [0.29, 0.717) is 6.04 Å². The van der Waals surface area contributed by atoms with Gasteiger partial charge in [0.1, 0.15) is 0 Å². The van der Waals surface area contributed by atoms with Gasteiger partial charge in [-0.2, -0.15) is 0 Å². The Hall–Kier alpha value is -2.26. The highest BCUT2D eigenvalue weighted by Crippen LogP contribution is 2.35. The van der Waals surface area contributed by atoms with Crippen LogP contribution in [0.2, 0.25) is 0 Å². The van der Waals surface area contributed by atoms with Crippen LogP contribution >= 0.6 is 0 Å². The number of nitrogens with one attached hydrogen (secondary N) is 1. The van der Waals surface area contributed by atoms with E-state index < -0.39 is 0 Å². The molecule has 2 heterocycles. The molecule has 1 aliphatic carbocycles. The number of hydrogen-bond donors (Lipinski definition) is 1. The van der Waals surface area contributed by atoms with Gasteiger partial charge in [-0.25, -0.2) is 0 Å². The third kappa shape index (κ3) is 3.25. The number of anilines is 1. The van der Waals surface area contributed by atoms with Crippen molar-refractivity contribution in [3.8, 4) is 11.1 Å². The van der Waals surface area contributed by atoms with Gasteiger partial charge in [0.2, 0.25) is 0 Å². The van der Waals surface area contributed by atoms with E-state index in [4.69, 9.17) is 0 Å². The number of rotatable bonds is 3. The molecule has 0 radical (unpaired) electrons. The maximum atomic E-state index is 3.81. The van der Waals surface area contributed by atoms with Crippen LogP contribution in [0.4, 0.5) is 5.69 Å². The normalized spacial score (nSPS) is 25.6. The minimum absolute atomic E-state index is 0.614. The van der Waals surface area contributed by atoms with E-state index in [2.05, 4.69) is 83.6 Å². The van der Waals surface area contributed by atoms with Gasteiger partial charge in [-0.05, 0) is 86.7 Å². The van der Waals surface area contributed by atoms with Crippen molar-refractivity contribution in [1.29, 1.82) is 0 Å². The van der Waals surface area contributed by atoms with Crippen molar-refractivity contribution in [2.75, 3.05) is 18.9 Å². The van der Waals surface area contributed by atoms with E-state index in [0.717, 1.165) is 12.0 Å². The summed E-state index contributed by atoms with van der Waals surface area (Å²) in [6.07, 6.45) is 7.50. The van der Waals surface area contributed by atoms with Crippen LogP contribution in [0.5, 0.6) is 0 Å². The molecule has 3 atom stereocenters. The van der Waals surface area contributed by atoms with Crippen molar-refractivity contribution in [2.45, 2.75) is 37.8 Å². The van der Waals surface area contributed by atoms with Crippen LogP contribution in [0.25, 0.3) is 22.0 Å². The number of aromatic nitrogens is 1. The minimum Gasteiger partial charge on any atom is -0.382 e. The lowest BCUT2D eigenvalue weighted by molar-refractivity contribution is 0.0907. The number of piperidine rings is 1. The standard InChI is InChI=1S/C24H29N3/c1-26-11-9-17-13-22(16-23(26)14-17)25-21-6-3-18(4-7-21)19-5-8-24-20(15-19)10-12-27(24)2/h3-8,10,12,15,17,22-23,25H,9,11,13-14,16H2,1-2H3. The van der Waals surface area contributed by atoms with E-state index in [1.54, 1.807) is 0 Å². The molecule has 1 N–H and O–H groups in total. The van der Waals surface area contributed by atoms with Gasteiger partial charge < -0.3 is 14.8 Å². The number of benzene rings is 2. The van der Waals surface area contributed by atoms with Gasteiger partial charge in [0.15, 0.2) is 0 Å². The predicted octanol–water partition coefficient (Wildman–Crippen LogP) is 5.13. The van der Waals surface area contributed by atoms with E-state index >= 15 is 0 Å². The van der Waals surface area contributed by atoms with Gasteiger partial charge in [-0.15, -0.1) is 0 Å². The fourth-order valence-corrected chi connectivity index (χ4v) is 5.14. The van der Waals surface area contributed by atoms with Gasteiger partial charge in [0.05, 0.1) is 0 Å². The largest absolute Gasteiger partial charge is 0.382 e. The van der Waals surface area contributed by atoms with E-state index in [1.165, 1.54) is 59.9 Å². The molecule has 2 bridgehead atoms. The zero-order valence-corrected chi connectivity index (χ0v) is 16.4. The number of hydrogen-bond acceptors (Lipinski definition) is 2. The van der Waals surface area contributed by atoms with Gasteiger partial charge >= 0.3 is 0 Å². The average molecular weight is 360 g/mol. The van der Waals surface area contributed by atoms with Crippen LogP contribution in [0.15, 0.2) is 54.7 Å². The molecule has 1 saturated carbocycles. The first-order valence-corrected chi connectivity index (χ1v) is 10.3. The molecule has 3 heteroatoms. The second-order valence-electron chi connectivity index (χ2n) is 8.62. The Kier molecular flexibility index (Phi) is 4.20. The molecular weight excluding hydrogens is 330 g/mol. The lowest BCUT2D eigenvalue weighted by atomic mass is 9.77. The Morgan fingerprint density at radius 3 is 2.56 bits per heavy atom. The summed E-state index contributed by atoms with van der Waals surface area (Å²) in [6, 6.07) is 19.3. The number of likely N-dealkylation sites (tertiary alicyclic amines) is 1. The Labute approximate surface area is 162 Å². The lowest BCUT2D eigenvalue weighted by Gasteiger charge is -2.44. The van der Waals surface area contributed by atoms with Crippen LogP contribution < -0.4 is 5.32 Å². The Morgan fingerprint density at radius 2 is 1.70 bits per heavy atom. The fraction of sp³-hybridized carbons (Fsp3) is 0.417. The second-order valence-corrected chi connectivity index (χ2v) is 8.62. The molecule has 0 amide bonds. The van der Waals surface area contributed by atoms with Crippen molar-refractivity contribution in [3.63, 3.8) is 0 Å². The molecule has 3 nitrogen and oxygen atoms in total. The van der Waals surface area contributed by atoms with E-state index in [1.807, 2.05) is 0 Å². The van der Waals surface area contributed by atoms with Gasteiger partial charge in [0.25, 0.3) is 0 Å². The number of nitrogens with zero attached hydrogens (tertiary/aromatic N) is 2. The summed E-state index contributed by atoms with van der Waals surface area (Å²) in [5.41, 5.74) is 5.11. The smallest absolute Gasteiger partial charge is 0.0478 e. The molecule has 1 saturated heterocycles. The van der Waals surface area contributed by atoms with Gasteiger partial charge in [0, 0.05) is 41.9 Å². The Morgan fingerprint density at radius 1 is 0.889 bits per heavy atom. The summed E-state index contributed by atoms with van der Waals surface area (Å²) in [5.74, 6) is 0.911. The summed E-state index contributed by atoms with van der Waals surface area (Å²) in [6.45, 7) is 1.28. The summed E-state index contributed by atoms with van der Waals surface area (Å²) in [4.78, 5) is 2.56. The SMILES string of the molecule is CN1CCC2CC(Nc3ccc(-c4ccc5c(ccn5C)c4)cc3)CC1C2. The van der Waals surface area contributed by atoms with Gasteiger partial charge in [-0.3, -0.25) is 0 Å². The van der Waals surface area contributed by atoms with Crippen molar-refractivity contribution < 1.29 is 0 Å². The Bertz CT molecular complexity index is 940. The summed E-state index contributed by atoms with van der Waals surface area (Å²) in [7, 11) is 4.39. The second kappa shape index (κ2) is 6.72. The molecule has 3 unspecified atom stereocenters. The fourth-order valence-electron chi connectivity index (χ4n) is 5.14. The van der Waals surface area contributed by atoms with Crippen LogP contribution in [0, 0.1) is 5.92 Å². The molecule has 27 heavy (non-hydrogen) atoms. The maximum Gasteiger partial charge on any atom is 0.0478 e. The van der Waals surface area contributed by atoms with Crippen molar-refractivity contribution in [2.24, 2.45) is 13.0 Å². The highest BCUT2D eigenvalue weighted by molar-refractivity contribution is 5.85. The molecule has 5 rings (SSSR count). The first-order valence-electron chi connectivity index (χ1n) is 10.3. The maximum absolute atomic E-state index is 3.81. The summed E-state index contributed by atoms with van der Waals surface area (Å²) >= 11 is 0. The third-order valence-electron chi connectivity index (χ3n) is 6.77. The predicted molar refractivity (Wildman–Crippen MR) is 114 cm³/mol. The highest BCUT2D eigenvalue weighted by atomic mass is 15.1. The number of fused-ring (bicyclic) bond motifs is 3. The zero-order chi connectivity index (χ0) is 18.4. The van der Waals surface area contributed by atoms with E-state index in [-0.39, 0.29) is 0 Å². The first kappa shape index (κ1) is 16.9. The molecule has 2 fully saturated rings. The summed E-state index contributed by atoms with van der Waals surface area (Å²) in [5, 5.41) is 5.11. The molecule has 1 aromatic heterocycles. The molecule has 2 aliphatic rings. The third-order valence-corrected chi connectivity index (χ3v) is 6.77. The monoisotopic (exact) mass is 359 g/mol. The quantitative estimate of drug-likeness (QED) is 0.699. The zero-order valence-electron chi connectivity index (χ0n) is 16.4. The molecule has 0 spiro atoms. The highest BCUT2D eigenvalue weighted by Gasteiger charge is 2.34. The minimum atomic E-state index is 0.614. The van der Waals surface area contributed by atoms with E-state index in [9.17, 15) is 0 Å². The Balaban J connectivity index is 1.31. The molecule has 2 aromatic carbocycles. The van der Waals surface area contributed by atoms with Crippen LogP contribution in [-0.2, 0) is 7.05 Å². The van der Waals surface area contributed by atoms with Crippen molar-refractivity contribution >= 4 is 16.6 Å². The molecule has 140 valence electrons. The first-order chi connectivity index (χ1) is 13.2. The number of aryl methyl sites for hydroxylation is 1.